The number of hydrogen-bond donors (Lipinski definition) is 1. The highest BCUT2D eigenvalue weighted by Crippen LogP contribution is 2.63. The molecule has 1 aromatic carbocycles. The monoisotopic (exact) mass is 554 g/mol. The quantitative estimate of drug-likeness (QED) is 0.319. The first-order valence-electron chi connectivity index (χ1n) is 12.5. The number of fused-ring (bicyclic) bond motifs is 3. The first-order chi connectivity index (χ1) is 17.3. The topological polar surface area (TPSA) is 67.2 Å². The van der Waals surface area contributed by atoms with Gasteiger partial charge in [0.1, 0.15) is 0 Å². The number of carbonyl (C=O) groups excluding carboxylic acids is 2. The van der Waals surface area contributed by atoms with Crippen LogP contribution >= 0.6 is 35.3 Å². The Bertz CT molecular complexity index is 1550. The van der Waals surface area contributed by atoms with Gasteiger partial charge in [-0.3, -0.25) is 19.5 Å². The molecule has 3 aromatic heterocycles. The fourth-order valence-corrected chi connectivity index (χ4v) is 7.77. The number of nitrogens with zero attached hydrogens (tertiary/aromatic N) is 3. The van der Waals surface area contributed by atoms with Gasteiger partial charge in [0.15, 0.2) is 0 Å². The zero-order valence-corrected chi connectivity index (χ0v) is 23.1. The van der Waals surface area contributed by atoms with E-state index in [4.69, 9.17) is 11.6 Å². The molecule has 3 atom stereocenters. The van der Waals surface area contributed by atoms with Crippen molar-refractivity contribution in [2.45, 2.75) is 33.4 Å². The maximum Gasteiger partial charge on any atom is 0.234 e. The zero-order valence-electron chi connectivity index (χ0n) is 20.7. The molecule has 6 nitrogen and oxygen atoms in total. The predicted molar refractivity (Wildman–Crippen MR) is 150 cm³/mol. The van der Waals surface area contributed by atoms with Crippen LogP contribution in [0.15, 0.2) is 42.7 Å². The number of pyridine rings is 1. The van der Waals surface area contributed by atoms with Gasteiger partial charge in [0.25, 0.3) is 0 Å². The van der Waals surface area contributed by atoms with Crippen LogP contribution in [0.5, 0.6) is 0 Å². The van der Waals surface area contributed by atoms with Crippen LogP contribution in [0, 0.1) is 23.2 Å². The molecule has 1 aliphatic carbocycles. The van der Waals surface area contributed by atoms with Crippen molar-refractivity contribution >= 4 is 68.3 Å². The molecule has 37 heavy (non-hydrogen) atoms. The minimum atomic E-state index is -0.193. The Balaban J connectivity index is 0.00000252. The highest BCUT2D eigenvalue weighted by molar-refractivity contribution is 7.19. The number of piperidine rings is 1. The van der Waals surface area contributed by atoms with E-state index in [2.05, 4.69) is 27.1 Å². The third kappa shape index (κ3) is 3.82. The number of carbonyl (C=O) groups is 2. The summed E-state index contributed by atoms with van der Waals surface area (Å²) in [5, 5.41) is 5.30. The third-order valence-electron chi connectivity index (χ3n) is 8.40. The summed E-state index contributed by atoms with van der Waals surface area (Å²) in [5.41, 5.74) is 4.03. The van der Waals surface area contributed by atoms with E-state index in [1.165, 1.54) is 16.8 Å². The van der Waals surface area contributed by atoms with Gasteiger partial charge in [-0.15, -0.1) is 23.7 Å². The van der Waals surface area contributed by atoms with E-state index in [1.54, 1.807) is 11.3 Å². The van der Waals surface area contributed by atoms with Crippen LogP contribution in [0.3, 0.4) is 0 Å². The Kier molecular flexibility index (Phi) is 5.91. The van der Waals surface area contributed by atoms with Crippen molar-refractivity contribution in [2.24, 2.45) is 23.2 Å². The first-order valence-corrected chi connectivity index (χ1v) is 13.7. The second-order valence-corrected chi connectivity index (χ2v) is 12.6. The molecule has 192 valence electrons. The molecule has 0 bridgehead atoms. The number of likely N-dealkylation sites (tertiary alicyclic amines) is 1. The summed E-state index contributed by atoms with van der Waals surface area (Å²) < 4.78 is 3.41. The third-order valence-corrected chi connectivity index (χ3v) is 9.76. The average molecular weight is 556 g/mol. The summed E-state index contributed by atoms with van der Waals surface area (Å²) in [4.78, 5) is 32.8. The van der Waals surface area contributed by atoms with Gasteiger partial charge in [0, 0.05) is 45.4 Å². The average Bonchev–Trinajstić information content (AvgIpc) is 3.42. The van der Waals surface area contributed by atoms with Gasteiger partial charge < -0.3 is 9.88 Å². The lowest BCUT2D eigenvalue weighted by Crippen LogP contribution is -2.35. The van der Waals surface area contributed by atoms with Gasteiger partial charge in [0.2, 0.25) is 11.8 Å². The Morgan fingerprint density at radius 1 is 1.14 bits per heavy atom. The highest BCUT2D eigenvalue weighted by Gasteiger charge is 2.72. The molecule has 3 fully saturated rings. The van der Waals surface area contributed by atoms with Crippen LogP contribution in [0.2, 0.25) is 5.02 Å². The van der Waals surface area contributed by atoms with Crippen LogP contribution in [0.1, 0.15) is 25.1 Å². The van der Waals surface area contributed by atoms with E-state index in [1.807, 2.05) is 44.3 Å². The van der Waals surface area contributed by atoms with Crippen LogP contribution in [-0.2, 0) is 22.7 Å². The molecular weight excluding hydrogens is 527 g/mol. The van der Waals surface area contributed by atoms with E-state index >= 15 is 0 Å². The maximum absolute atomic E-state index is 12.9. The number of hydrogen-bond acceptors (Lipinski definition) is 5. The Morgan fingerprint density at radius 3 is 2.65 bits per heavy atom. The number of benzene rings is 1. The first kappa shape index (κ1) is 24.9. The molecule has 5 heterocycles. The summed E-state index contributed by atoms with van der Waals surface area (Å²) in [7, 11) is 0. The molecule has 3 aliphatic rings. The molecular formula is C28H28Cl2N4O2S. The van der Waals surface area contributed by atoms with Crippen molar-refractivity contribution in [2.75, 3.05) is 13.1 Å². The zero-order chi connectivity index (χ0) is 24.8. The maximum atomic E-state index is 12.9. The lowest BCUT2D eigenvalue weighted by Gasteiger charge is -2.19. The number of rotatable bonds is 5. The van der Waals surface area contributed by atoms with Crippen molar-refractivity contribution in [3.8, 4) is 11.1 Å². The van der Waals surface area contributed by atoms with E-state index < -0.39 is 0 Å². The molecule has 4 aromatic rings. The van der Waals surface area contributed by atoms with Gasteiger partial charge in [-0.25, -0.2) is 0 Å². The standard InChI is InChI=1S/C28H27ClN4O2S.ClH/c1-28(2)22-23(28)27(35)33(26(22)34)14-18-11-21-25(36-18)19(4-7-31-21)20-10-17(29)9-16-5-8-32(24(16)20)13-15-3-6-30-12-15;/h4-5,7-11,15,22-23,30H,3,6,12-14H2,1-2H3;1H. The van der Waals surface area contributed by atoms with Crippen molar-refractivity contribution in [1.82, 2.24) is 19.8 Å². The highest BCUT2D eigenvalue weighted by atomic mass is 35.5. The van der Waals surface area contributed by atoms with Crippen molar-refractivity contribution in [3.63, 3.8) is 0 Å². The summed E-state index contributed by atoms with van der Waals surface area (Å²) in [5.74, 6) is 0.237. The van der Waals surface area contributed by atoms with Crippen LogP contribution in [-0.4, -0.2) is 39.4 Å². The Hall–Kier alpha value is -2.45. The number of thiophene rings is 1. The fourth-order valence-electron chi connectivity index (χ4n) is 6.41. The molecule has 9 heteroatoms. The van der Waals surface area contributed by atoms with Gasteiger partial charge in [-0.2, -0.15) is 0 Å². The van der Waals surface area contributed by atoms with E-state index in [-0.39, 0.29) is 41.5 Å². The van der Waals surface area contributed by atoms with Gasteiger partial charge in [0.05, 0.1) is 34.1 Å². The summed E-state index contributed by atoms with van der Waals surface area (Å²) in [6.07, 6.45) is 5.18. The molecule has 2 saturated heterocycles. The molecule has 1 N–H and O–H groups in total. The van der Waals surface area contributed by atoms with E-state index in [0.29, 0.717) is 17.5 Å². The lowest BCUT2D eigenvalue weighted by molar-refractivity contribution is -0.143. The van der Waals surface area contributed by atoms with E-state index in [0.717, 1.165) is 51.2 Å². The molecule has 0 radical (unpaired) electrons. The molecule has 3 unspecified atom stereocenters. The van der Waals surface area contributed by atoms with Crippen LogP contribution in [0.25, 0.3) is 32.2 Å². The number of nitrogens with one attached hydrogen (secondary N) is 1. The number of halogens is 2. The normalized spacial score (nSPS) is 24.2. The number of aromatic nitrogens is 2. The van der Waals surface area contributed by atoms with Gasteiger partial charge in [-0.1, -0.05) is 25.4 Å². The van der Waals surface area contributed by atoms with Crippen molar-refractivity contribution in [1.29, 1.82) is 0 Å². The Labute approximate surface area is 230 Å². The van der Waals surface area contributed by atoms with Crippen molar-refractivity contribution < 1.29 is 9.59 Å². The largest absolute Gasteiger partial charge is 0.347 e. The minimum absolute atomic E-state index is 0. The molecule has 2 aliphatic heterocycles. The van der Waals surface area contributed by atoms with Gasteiger partial charge in [-0.05, 0) is 61.2 Å². The van der Waals surface area contributed by atoms with Crippen LogP contribution < -0.4 is 5.32 Å². The molecule has 0 spiro atoms. The molecule has 2 amide bonds. The second-order valence-electron chi connectivity index (χ2n) is 11.0. The summed E-state index contributed by atoms with van der Waals surface area (Å²) >= 11 is 8.19. The SMILES string of the molecule is CC1(C)C2C(=O)N(Cc3cc4nccc(-c5cc(Cl)cc6ccn(CC7CCNC7)c56)c4s3)C(=O)C21.Cl. The number of imide groups is 1. The minimum Gasteiger partial charge on any atom is -0.347 e. The molecule has 7 rings (SSSR count). The lowest BCUT2D eigenvalue weighted by atomic mass is 10.0. The second kappa shape index (κ2) is 8.80. The predicted octanol–water partition coefficient (Wildman–Crippen LogP) is 5.74. The van der Waals surface area contributed by atoms with Crippen molar-refractivity contribution in [3.05, 3.63) is 52.6 Å². The smallest absolute Gasteiger partial charge is 0.234 e. The van der Waals surface area contributed by atoms with E-state index in [9.17, 15) is 9.59 Å². The fraction of sp³-hybridized carbons (Fsp3) is 0.393. The van der Waals surface area contributed by atoms with Crippen LogP contribution in [0.4, 0.5) is 0 Å². The van der Waals surface area contributed by atoms with Gasteiger partial charge >= 0.3 is 0 Å². The summed E-state index contributed by atoms with van der Waals surface area (Å²) in [6, 6.07) is 10.3. The molecule has 1 saturated carbocycles. The number of amides is 2. The summed E-state index contributed by atoms with van der Waals surface area (Å²) in [6.45, 7) is 7.42. The Morgan fingerprint density at radius 2 is 1.92 bits per heavy atom.